The number of benzene rings is 1. The number of aromatic amines is 1. The molecule has 1 aromatic carbocycles. The van der Waals surface area contributed by atoms with Gasteiger partial charge in [-0.2, -0.15) is 5.10 Å². The number of carbonyl (C=O) groups excluding carboxylic acids is 2. The van der Waals surface area contributed by atoms with Crippen LogP contribution in [0.1, 0.15) is 29.3 Å². The number of sulfone groups is 1. The minimum absolute atomic E-state index is 0.0412. The van der Waals surface area contributed by atoms with Gasteiger partial charge >= 0.3 is 0 Å². The molecule has 1 aromatic heterocycles. The molecule has 0 aliphatic carbocycles. The van der Waals surface area contributed by atoms with Gasteiger partial charge in [0.15, 0.2) is 15.0 Å². The topological polar surface area (TPSA) is 125 Å². The number of nitrogens with one attached hydrogen (secondary N) is 2. The molecule has 0 spiro atoms. The van der Waals surface area contributed by atoms with Crippen LogP contribution in [0.25, 0.3) is 0 Å². The fourth-order valence-corrected chi connectivity index (χ4v) is 5.57. The molecule has 9 nitrogen and oxygen atoms in total. The minimum atomic E-state index is -3.07. The highest BCUT2D eigenvalue weighted by atomic mass is 32.2. The van der Waals surface area contributed by atoms with Gasteiger partial charge in [-0.15, -0.1) is 0 Å². The Labute approximate surface area is 173 Å². The van der Waals surface area contributed by atoms with E-state index >= 15 is 0 Å². The SMILES string of the molecule is CCN(CC(=O)NC1CCS(=O)(=O)C1)C(=O)c1ccccc1CSc1ncn[nH]1. The zero-order chi connectivity index (χ0) is 20.9. The number of amides is 2. The van der Waals surface area contributed by atoms with Crippen molar-refractivity contribution in [3.63, 3.8) is 0 Å². The lowest BCUT2D eigenvalue weighted by molar-refractivity contribution is -0.122. The standard InChI is InChI=1S/C18H23N5O4S2/c1-2-23(9-16(24)21-14-7-8-29(26,27)11-14)17(25)15-6-4-3-5-13(15)10-28-18-19-12-20-22-18/h3-6,12,14H,2,7-11H2,1H3,(H,21,24)(H,19,20,22). The van der Waals surface area contributed by atoms with Crippen LogP contribution in [-0.2, 0) is 20.4 Å². The predicted octanol–water partition coefficient (Wildman–Crippen LogP) is 0.862. The Bertz CT molecular complexity index is 962. The van der Waals surface area contributed by atoms with Gasteiger partial charge in [-0.05, 0) is 25.0 Å². The molecule has 2 N–H and O–H groups in total. The summed E-state index contributed by atoms with van der Waals surface area (Å²) in [5.41, 5.74) is 1.36. The van der Waals surface area contributed by atoms with Gasteiger partial charge in [-0.1, -0.05) is 30.0 Å². The monoisotopic (exact) mass is 437 g/mol. The molecule has 1 aliphatic rings. The second-order valence-electron chi connectivity index (χ2n) is 6.72. The van der Waals surface area contributed by atoms with Gasteiger partial charge in [0.25, 0.3) is 5.91 Å². The van der Waals surface area contributed by atoms with Gasteiger partial charge in [0.1, 0.15) is 6.33 Å². The molecule has 11 heteroatoms. The fourth-order valence-electron chi connectivity index (χ4n) is 3.12. The Hall–Kier alpha value is -2.40. The number of nitrogens with zero attached hydrogens (tertiary/aromatic N) is 3. The lowest BCUT2D eigenvalue weighted by Crippen LogP contribution is -2.44. The molecular weight excluding hydrogens is 414 g/mol. The zero-order valence-corrected chi connectivity index (χ0v) is 17.6. The van der Waals surface area contributed by atoms with Crippen LogP contribution in [-0.4, -0.2) is 71.0 Å². The summed E-state index contributed by atoms with van der Waals surface area (Å²) in [4.78, 5) is 30.9. The van der Waals surface area contributed by atoms with E-state index in [4.69, 9.17) is 0 Å². The van der Waals surface area contributed by atoms with Crippen LogP contribution in [0.2, 0.25) is 0 Å². The minimum Gasteiger partial charge on any atom is -0.351 e. The first-order valence-corrected chi connectivity index (χ1v) is 12.0. The molecule has 29 heavy (non-hydrogen) atoms. The quantitative estimate of drug-likeness (QED) is 0.587. The number of hydrogen-bond acceptors (Lipinski definition) is 7. The number of rotatable bonds is 8. The molecule has 156 valence electrons. The van der Waals surface area contributed by atoms with Crippen molar-refractivity contribution in [1.82, 2.24) is 25.4 Å². The molecule has 1 atom stereocenters. The Kier molecular flexibility index (Phi) is 6.91. The van der Waals surface area contributed by atoms with E-state index in [0.29, 0.717) is 29.4 Å². The molecule has 2 heterocycles. The Morgan fingerprint density at radius 3 is 2.79 bits per heavy atom. The van der Waals surface area contributed by atoms with E-state index in [1.54, 1.807) is 19.1 Å². The predicted molar refractivity (Wildman–Crippen MR) is 109 cm³/mol. The maximum atomic E-state index is 13.0. The first-order chi connectivity index (χ1) is 13.9. The highest BCUT2D eigenvalue weighted by Crippen LogP contribution is 2.22. The van der Waals surface area contributed by atoms with Gasteiger partial charge in [0.05, 0.1) is 18.1 Å². The van der Waals surface area contributed by atoms with Crippen molar-refractivity contribution in [2.75, 3.05) is 24.6 Å². The van der Waals surface area contributed by atoms with Gasteiger partial charge in [0, 0.05) is 23.9 Å². The van der Waals surface area contributed by atoms with Crippen molar-refractivity contribution >= 4 is 33.4 Å². The molecule has 1 fully saturated rings. The summed E-state index contributed by atoms with van der Waals surface area (Å²) in [6.45, 7) is 2.05. The van der Waals surface area contributed by atoms with Crippen LogP contribution >= 0.6 is 11.8 Å². The highest BCUT2D eigenvalue weighted by molar-refractivity contribution is 7.98. The summed E-state index contributed by atoms with van der Waals surface area (Å²) in [5, 5.41) is 9.96. The first-order valence-electron chi connectivity index (χ1n) is 9.23. The molecule has 2 aromatic rings. The average Bonchev–Trinajstić information content (AvgIpc) is 3.33. The van der Waals surface area contributed by atoms with E-state index in [9.17, 15) is 18.0 Å². The van der Waals surface area contributed by atoms with Crippen LogP contribution in [0.4, 0.5) is 0 Å². The van der Waals surface area contributed by atoms with E-state index in [1.165, 1.54) is 23.0 Å². The van der Waals surface area contributed by atoms with Crippen LogP contribution < -0.4 is 5.32 Å². The molecule has 0 bridgehead atoms. The first kappa shape index (κ1) is 21.3. The Morgan fingerprint density at radius 2 is 2.14 bits per heavy atom. The number of likely N-dealkylation sites (N-methyl/N-ethyl adjacent to an activating group) is 1. The third-order valence-electron chi connectivity index (χ3n) is 4.61. The largest absolute Gasteiger partial charge is 0.351 e. The van der Waals surface area contributed by atoms with Crippen LogP contribution in [0.15, 0.2) is 35.7 Å². The van der Waals surface area contributed by atoms with Crippen molar-refractivity contribution in [3.8, 4) is 0 Å². The third kappa shape index (κ3) is 5.80. The summed E-state index contributed by atoms with van der Waals surface area (Å²) >= 11 is 1.43. The lowest BCUT2D eigenvalue weighted by atomic mass is 10.1. The summed E-state index contributed by atoms with van der Waals surface area (Å²) in [5.74, 6) is -0.0161. The van der Waals surface area contributed by atoms with E-state index in [1.807, 2.05) is 12.1 Å². The normalized spacial score (nSPS) is 17.8. The molecule has 1 aliphatic heterocycles. The summed E-state index contributed by atoms with van der Waals surface area (Å²) in [6, 6.07) is 6.87. The Balaban J connectivity index is 1.63. The number of aromatic nitrogens is 3. The van der Waals surface area contributed by atoms with E-state index in [-0.39, 0.29) is 35.9 Å². The van der Waals surface area contributed by atoms with Gasteiger partial charge < -0.3 is 10.2 Å². The van der Waals surface area contributed by atoms with E-state index < -0.39 is 9.84 Å². The van der Waals surface area contributed by atoms with E-state index in [2.05, 4.69) is 20.5 Å². The number of H-pyrrole nitrogens is 1. The van der Waals surface area contributed by atoms with Gasteiger partial charge in [-0.3, -0.25) is 14.7 Å². The molecular formula is C18H23N5O4S2. The fraction of sp³-hybridized carbons (Fsp3) is 0.444. The molecule has 2 amide bonds. The van der Waals surface area contributed by atoms with Crippen LogP contribution in [0, 0.1) is 0 Å². The van der Waals surface area contributed by atoms with Crippen LogP contribution in [0.5, 0.6) is 0 Å². The second kappa shape index (κ2) is 9.40. The molecule has 0 saturated carbocycles. The van der Waals surface area contributed by atoms with Crippen molar-refractivity contribution < 1.29 is 18.0 Å². The number of carbonyl (C=O) groups is 2. The maximum absolute atomic E-state index is 13.0. The third-order valence-corrected chi connectivity index (χ3v) is 7.30. The highest BCUT2D eigenvalue weighted by Gasteiger charge is 2.29. The van der Waals surface area contributed by atoms with E-state index in [0.717, 1.165) is 5.56 Å². The van der Waals surface area contributed by atoms with Crippen molar-refractivity contribution in [1.29, 1.82) is 0 Å². The second-order valence-corrected chi connectivity index (χ2v) is 9.92. The molecule has 3 rings (SSSR count). The number of hydrogen-bond donors (Lipinski definition) is 2. The summed E-state index contributed by atoms with van der Waals surface area (Å²) < 4.78 is 23.1. The number of thioether (sulfide) groups is 1. The van der Waals surface area contributed by atoms with Gasteiger partial charge in [-0.25, -0.2) is 13.4 Å². The zero-order valence-electron chi connectivity index (χ0n) is 16.0. The smallest absolute Gasteiger partial charge is 0.254 e. The van der Waals surface area contributed by atoms with Crippen LogP contribution in [0.3, 0.4) is 0 Å². The molecule has 1 unspecified atom stereocenters. The summed E-state index contributed by atoms with van der Waals surface area (Å²) in [6.07, 6.45) is 1.84. The Morgan fingerprint density at radius 1 is 1.34 bits per heavy atom. The molecule has 1 saturated heterocycles. The summed E-state index contributed by atoms with van der Waals surface area (Å²) in [7, 11) is -3.07. The van der Waals surface area contributed by atoms with Crippen molar-refractivity contribution in [2.45, 2.75) is 30.3 Å². The van der Waals surface area contributed by atoms with Crippen molar-refractivity contribution in [3.05, 3.63) is 41.7 Å². The molecule has 0 radical (unpaired) electrons. The van der Waals surface area contributed by atoms with Gasteiger partial charge in [0.2, 0.25) is 5.91 Å². The van der Waals surface area contributed by atoms with Crippen molar-refractivity contribution in [2.24, 2.45) is 0 Å². The maximum Gasteiger partial charge on any atom is 0.254 e. The lowest BCUT2D eigenvalue weighted by Gasteiger charge is -2.22. The average molecular weight is 438 g/mol.